The second-order valence-electron chi connectivity index (χ2n) is 16.4. The standard InChI is InChI=1S/C48H50FN7O6/c1-28(2)42(53-47(59)61-3)45(57)55-20-8-11-40(55)44-51-26-39(52-44)35-19-18-33-21-32(16-17-34(33)22-35)29-12-14-30(15-13-29)36-23-38(50-25-36)41-24-37(49)27-56(41)46(58)43(54-48(60)62-4)31-9-6-5-7-10-31/h5-7,9-10,12-19,21-22,25-26,28,37,40-43H,8,11,20,23-24,27H2,1-4H3,(H,51,52)(H,53,59)(H,54,60)/t37-,40+,41+,42+,43-/m1/s1. The number of alkyl carbamates (subject to hydrolysis) is 2. The minimum Gasteiger partial charge on any atom is -0.453 e. The molecule has 8 rings (SSSR count). The number of benzene rings is 4. The number of allylic oxidation sites excluding steroid dienone is 1. The Morgan fingerprint density at radius 1 is 0.790 bits per heavy atom. The smallest absolute Gasteiger partial charge is 0.407 e. The highest BCUT2D eigenvalue weighted by atomic mass is 19.1. The predicted molar refractivity (Wildman–Crippen MR) is 235 cm³/mol. The molecule has 4 aromatic carbocycles. The Labute approximate surface area is 359 Å². The van der Waals surface area contributed by atoms with E-state index in [1.807, 2.05) is 19.9 Å². The molecule has 0 bridgehead atoms. The maximum atomic E-state index is 15.0. The number of likely N-dealkylation sites (tertiary alicyclic amines) is 2. The molecule has 0 aliphatic carbocycles. The third-order valence-electron chi connectivity index (χ3n) is 12.1. The first-order valence-electron chi connectivity index (χ1n) is 21.0. The number of imidazole rings is 1. The molecular formula is C48H50FN7O6. The number of ether oxygens (including phenoxy) is 2. The summed E-state index contributed by atoms with van der Waals surface area (Å²) in [6.45, 7) is 4.29. The number of fused-ring (bicyclic) bond motifs is 1. The number of aromatic amines is 1. The Morgan fingerprint density at radius 2 is 1.45 bits per heavy atom. The van der Waals surface area contributed by atoms with Crippen LogP contribution in [0.5, 0.6) is 0 Å². The van der Waals surface area contributed by atoms with E-state index in [9.17, 15) is 19.2 Å². The minimum absolute atomic E-state index is 0.0859. The van der Waals surface area contributed by atoms with Crippen molar-refractivity contribution >= 4 is 46.1 Å². The fraction of sp³-hybridized carbons (Fsp3) is 0.333. The molecular weight excluding hydrogens is 790 g/mol. The van der Waals surface area contributed by atoms with Crippen molar-refractivity contribution in [3.8, 4) is 22.4 Å². The third-order valence-corrected chi connectivity index (χ3v) is 12.1. The number of methoxy groups -OCH3 is 2. The van der Waals surface area contributed by atoms with E-state index in [4.69, 9.17) is 19.5 Å². The number of carbonyl (C=O) groups is 4. The van der Waals surface area contributed by atoms with Crippen LogP contribution in [0, 0.1) is 5.92 Å². The van der Waals surface area contributed by atoms with Crippen LogP contribution >= 0.6 is 0 Å². The summed E-state index contributed by atoms with van der Waals surface area (Å²) in [5.74, 6) is 0.0374. The van der Waals surface area contributed by atoms with Gasteiger partial charge in [-0.15, -0.1) is 0 Å². The molecule has 0 radical (unpaired) electrons. The number of halogens is 1. The van der Waals surface area contributed by atoms with Gasteiger partial charge in [-0.2, -0.15) is 0 Å². The number of rotatable bonds is 11. The molecule has 4 heterocycles. The van der Waals surface area contributed by atoms with Crippen molar-refractivity contribution in [2.75, 3.05) is 27.3 Å². The number of aromatic nitrogens is 2. The summed E-state index contributed by atoms with van der Waals surface area (Å²) in [6.07, 6.45) is 3.22. The zero-order valence-electron chi connectivity index (χ0n) is 35.1. The Balaban J connectivity index is 0.922. The lowest BCUT2D eigenvalue weighted by molar-refractivity contribution is -0.135. The molecule has 0 unspecified atom stereocenters. The number of amides is 4. The summed E-state index contributed by atoms with van der Waals surface area (Å²) in [5.41, 5.74) is 7.19. The molecule has 4 amide bonds. The molecule has 0 spiro atoms. The maximum Gasteiger partial charge on any atom is 0.407 e. The molecule has 320 valence electrons. The predicted octanol–water partition coefficient (Wildman–Crippen LogP) is 8.16. The molecule has 3 aliphatic heterocycles. The highest BCUT2D eigenvalue weighted by Gasteiger charge is 2.42. The summed E-state index contributed by atoms with van der Waals surface area (Å²) in [4.78, 5) is 67.9. The molecule has 0 saturated carbocycles. The monoisotopic (exact) mass is 839 g/mol. The van der Waals surface area contributed by atoms with Crippen LogP contribution in [0.15, 0.2) is 108 Å². The molecule has 5 atom stereocenters. The van der Waals surface area contributed by atoms with Crippen molar-refractivity contribution < 1.29 is 33.0 Å². The largest absolute Gasteiger partial charge is 0.453 e. The minimum atomic E-state index is -1.22. The van der Waals surface area contributed by atoms with Gasteiger partial charge in [0.1, 0.15) is 24.1 Å². The van der Waals surface area contributed by atoms with Gasteiger partial charge in [-0.1, -0.05) is 92.7 Å². The fourth-order valence-electron chi connectivity index (χ4n) is 8.76. The van der Waals surface area contributed by atoms with Crippen molar-refractivity contribution in [2.45, 2.75) is 69.9 Å². The summed E-state index contributed by atoms with van der Waals surface area (Å²) in [7, 11) is 2.52. The van der Waals surface area contributed by atoms with Gasteiger partial charge in [-0.3, -0.25) is 14.6 Å². The molecule has 14 heteroatoms. The number of nitrogens with one attached hydrogen (secondary N) is 3. The molecule has 3 N–H and O–H groups in total. The van der Waals surface area contributed by atoms with Crippen LogP contribution in [-0.4, -0.2) is 95.0 Å². The van der Waals surface area contributed by atoms with Crippen LogP contribution in [-0.2, 0) is 19.1 Å². The molecule has 3 aliphatic rings. The second-order valence-corrected chi connectivity index (χ2v) is 16.4. The first-order chi connectivity index (χ1) is 30.0. The maximum absolute atomic E-state index is 15.0. The molecule has 2 fully saturated rings. The van der Waals surface area contributed by atoms with Gasteiger partial charge in [0, 0.05) is 36.9 Å². The van der Waals surface area contributed by atoms with Crippen LogP contribution in [0.1, 0.15) is 68.6 Å². The van der Waals surface area contributed by atoms with Crippen LogP contribution < -0.4 is 10.6 Å². The highest BCUT2D eigenvalue weighted by molar-refractivity contribution is 6.04. The van der Waals surface area contributed by atoms with Crippen LogP contribution in [0.4, 0.5) is 14.0 Å². The van der Waals surface area contributed by atoms with Gasteiger partial charge in [-0.25, -0.2) is 19.0 Å². The zero-order valence-corrected chi connectivity index (χ0v) is 35.1. The van der Waals surface area contributed by atoms with Gasteiger partial charge in [0.05, 0.1) is 44.7 Å². The van der Waals surface area contributed by atoms with Crippen LogP contribution in [0.25, 0.3) is 38.7 Å². The SMILES string of the molecule is COC(=O)N[C@H](C(=O)N1CCC[C@H]1c1ncc(-c2ccc3cc(-c4ccc(C5=CN=C([C@@H]6C[C@@H](F)CN6C(=O)[C@H](NC(=O)OC)c6ccccc6)C5)cc4)ccc3c2)[nH]1)C(C)C. The lowest BCUT2D eigenvalue weighted by Crippen LogP contribution is -2.51. The number of nitrogens with zero attached hydrogens (tertiary/aromatic N) is 4. The van der Waals surface area contributed by atoms with E-state index in [-0.39, 0.29) is 30.8 Å². The van der Waals surface area contributed by atoms with Crippen LogP contribution in [0.2, 0.25) is 0 Å². The average Bonchev–Trinajstić information content (AvgIpc) is 4.14. The van der Waals surface area contributed by atoms with E-state index in [2.05, 4.69) is 76.3 Å². The van der Waals surface area contributed by atoms with E-state index >= 15 is 4.39 Å². The van der Waals surface area contributed by atoms with Crippen molar-refractivity contribution in [1.82, 2.24) is 30.4 Å². The molecule has 13 nitrogen and oxygen atoms in total. The van der Waals surface area contributed by atoms with Gasteiger partial charge < -0.3 is 34.9 Å². The van der Waals surface area contributed by atoms with Gasteiger partial charge in [0.2, 0.25) is 5.91 Å². The molecule has 1 aromatic heterocycles. The van der Waals surface area contributed by atoms with Crippen LogP contribution in [0.3, 0.4) is 0 Å². The Kier molecular flexibility index (Phi) is 12.2. The summed E-state index contributed by atoms with van der Waals surface area (Å²) in [6, 6.07) is 27.3. The Morgan fingerprint density at radius 3 is 2.16 bits per heavy atom. The summed E-state index contributed by atoms with van der Waals surface area (Å²) in [5, 5.41) is 7.47. The van der Waals surface area contributed by atoms with E-state index in [1.165, 1.54) is 19.1 Å². The van der Waals surface area contributed by atoms with Crippen molar-refractivity contribution in [2.24, 2.45) is 10.9 Å². The molecule has 62 heavy (non-hydrogen) atoms. The zero-order chi connectivity index (χ0) is 43.5. The van der Waals surface area contributed by atoms with Gasteiger partial charge in [0.25, 0.3) is 5.91 Å². The van der Waals surface area contributed by atoms with Crippen molar-refractivity contribution in [3.05, 3.63) is 120 Å². The van der Waals surface area contributed by atoms with E-state index in [1.54, 1.807) is 41.6 Å². The van der Waals surface area contributed by atoms with E-state index in [0.29, 0.717) is 30.1 Å². The lowest BCUT2D eigenvalue weighted by atomic mass is 9.95. The number of aliphatic imine (C=N–C) groups is 1. The van der Waals surface area contributed by atoms with Gasteiger partial charge in [-0.05, 0) is 69.5 Å². The fourth-order valence-corrected chi connectivity index (χ4v) is 8.76. The average molecular weight is 840 g/mol. The first-order valence-corrected chi connectivity index (χ1v) is 21.0. The topological polar surface area (TPSA) is 158 Å². The molecule has 2 saturated heterocycles. The number of H-pyrrole nitrogens is 1. The summed E-state index contributed by atoms with van der Waals surface area (Å²) < 4.78 is 24.6. The quantitative estimate of drug-likeness (QED) is 0.121. The number of carbonyl (C=O) groups excluding carboxylic acids is 4. The van der Waals surface area contributed by atoms with Crippen molar-refractivity contribution in [3.63, 3.8) is 0 Å². The molecule has 5 aromatic rings. The van der Waals surface area contributed by atoms with Gasteiger partial charge >= 0.3 is 12.2 Å². The van der Waals surface area contributed by atoms with Gasteiger partial charge in [0.15, 0.2) is 0 Å². The van der Waals surface area contributed by atoms with E-state index in [0.717, 1.165) is 57.1 Å². The number of hydrogen-bond acceptors (Lipinski definition) is 8. The highest BCUT2D eigenvalue weighted by Crippen LogP contribution is 2.36. The second kappa shape index (κ2) is 18.0. The Bertz CT molecular complexity index is 2540. The Hall–Kier alpha value is -6.83. The third kappa shape index (κ3) is 8.67. The van der Waals surface area contributed by atoms with Crippen molar-refractivity contribution in [1.29, 1.82) is 0 Å². The number of alkyl halides is 1. The normalized spacial score (nSPS) is 19.5. The first kappa shape index (κ1) is 41.9. The summed E-state index contributed by atoms with van der Waals surface area (Å²) >= 11 is 0. The number of hydrogen-bond donors (Lipinski definition) is 3. The van der Waals surface area contributed by atoms with E-state index < -0.39 is 42.4 Å². The lowest BCUT2D eigenvalue weighted by Gasteiger charge is -2.30.